The molecule has 1 nitrogen and oxygen atoms in total. The van der Waals surface area contributed by atoms with Crippen molar-refractivity contribution in [2.24, 2.45) is 0 Å². The van der Waals surface area contributed by atoms with Crippen molar-refractivity contribution in [1.29, 1.82) is 0 Å². The largest absolute Gasteiger partial charge is 0.298 e. The zero-order valence-corrected chi connectivity index (χ0v) is 10.1. The van der Waals surface area contributed by atoms with Crippen LogP contribution in [0.3, 0.4) is 0 Å². The molecule has 0 saturated heterocycles. The second kappa shape index (κ2) is 3.83. The molecule has 2 rings (SSSR count). The van der Waals surface area contributed by atoms with Crippen LogP contribution in [0.4, 0.5) is 0 Å². The van der Waals surface area contributed by atoms with Crippen LogP contribution < -0.4 is 0 Å². The third-order valence-electron chi connectivity index (χ3n) is 2.29. The highest BCUT2D eigenvalue weighted by molar-refractivity contribution is 9.10. The van der Waals surface area contributed by atoms with E-state index >= 15 is 0 Å². The summed E-state index contributed by atoms with van der Waals surface area (Å²) in [5.41, 5.74) is 1.98. The SMILES string of the molecule is CCc1cc2ccsc2c(C=O)c1Br. The van der Waals surface area contributed by atoms with Crippen LogP contribution in [0.1, 0.15) is 22.8 Å². The second-order valence-electron chi connectivity index (χ2n) is 3.07. The van der Waals surface area contributed by atoms with Crippen LogP contribution in [-0.2, 0) is 6.42 Å². The summed E-state index contributed by atoms with van der Waals surface area (Å²) in [6.45, 7) is 2.09. The lowest BCUT2D eigenvalue weighted by molar-refractivity contribution is 0.112. The molecule has 0 fully saturated rings. The number of carbonyl (C=O) groups is 1. The van der Waals surface area contributed by atoms with E-state index in [1.807, 2.05) is 5.38 Å². The van der Waals surface area contributed by atoms with Crippen LogP contribution in [0, 0.1) is 0 Å². The Balaban J connectivity index is 2.87. The molecule has 0 N–H and O–H groups in total. The Morgan fingerprint density at radius 3 is 3.00 bits per heavy atom. The molecule has 0 unspecified atom stereocenters. The van der Waals surface area contributed by atoms with Crippen LogP contribution in [0.5, 0.6) is 0 Å². The number of benzene rings is 1. The molecule has 0 bridgehead atoms. The van der Waals surface area contributed by atoms with Gasteiger partial charge >= 0.3 is 0 Å². The number of thiophene rings is 1. The van der Waals surface area contributed by atoms with Crippen LogP contribution in [0.15, 0.2) is 22.0 Å². The van der Waals surface area contributed by atoms with Crippen LogP contribution in [0.25, 0.3) is 10.1 Å². The summed E-state index contributed by atoms with van der Waals surface area (Å²) in [7, 11) is 0. The molecule has 3 heteroatoms. The van der Waals surface area contributed by atoms with Crippen molar-refractivity contribution in [3.8, 4) is 0 Å². The van der Waals surface area contributed by atoms with Gasteiger partial charge in [-0.1, -0.05) is 6.92 Å². The van der Waals surface area contributed by atoms with Crippen molar-refractivity contribution >= 4 is 43.6 Å². The van der Waals surface area contributed by atoms with Crippen molar-refractivity contribution in [2.45, 2.75) is 13.3 Å². The first kappa shape index (κ1) is 9.87. The molecule has 0 amide bonds. The third kappa shape index (κ3) is 1.41. The smallest absolute Gasteiger partial charge is 0.152 e. The Bertz CT molecular complexity index is 487. The number of aldehydes is 1. The number of halogens is 1. The minimum atomic E-state index is 0.786. The van der Waals surface area contributed by atoms with Crippen molar-refractivity contribution in [1.82, 2.24) is 0 Å². The Morgan fingerprint density at radius 1 is 1.57 bits per heavy atom. The van der Waals surface area contributed by atoms with Crippen molar-refractivity contribution in [3.05, 3.63) is 33.1 Å². The minimum absolute atomic E-state index is 0.786. The molecule has 0 atom stereocenters. The Labute approximate surface area is 94.9 Å². The Hall–Kier alpha value is -0.670. The fourth-order valence-corrected chi connectivity index (χ4v) is 3.25. The number of hydrogen-bond donors (Lipinski definition) is 0. The molecule has 0 aliphatic rings. The van der Waals surface area contributed by atoms with Gasteiger partial charge in [0.2, 0.25) is 0 Å². The fourth-order valence-electron chi connectivity index (χ4n) is 1.54. The first-order chi connectivity index (χ1) is 6.77. The van der Waals surface area contributed by atoms with E-state index in [1.165, 1.54) is 5.56 Å². The maximum Gasteiger partial charge on any atom is 0.152 e. The first-order valence-electron chi connectivity index (χ1n) is 4.41. The summed E-state index contributed by atoms with van der Waals surface area (Å²) < 4.78 is 2.02. The predicted octanol–water partition coefficient (Wildman–Crippen LogP) is 4.04. The molecular formula is C11H9BrOS. The molecule has 0 spiro atoms. The average Bonchev–Trinajstić information content (AvgIpc) is 2.64. The third-order valence-corrected chi connectivity index (χ3v) is 4.19. The van der Waals surface area contributed by atoms with E-state index < -0.39 is 0 Å². The van der Waals surface area contributed by atoms with Gasteiger partial charge in [-0.3, -0.25) is 4.79 Å². The molecule has 0 radical (unpaired) electrons. The summed E-state index contributed by atoms with van der Waals surface area (Å²) in [4.78, 5) is 11.0. The highest BCUT2D eigenvalue weighted by Crippen LogP contribution is 2.32. The van der Waals surface area contributed by atoms with Gasteiger partial charge in [0.1, 0.15) is 0 Å². The molecule has 1 aromatic carbocycles. The van der Waals surface area contributed by atoms with E-state index in [0.717, 1.165) is 32.8 Å². The van der Waals surface area contributed by atoms with Crippen LogP contribution in [-0.4, -0.2) is 6.29 Å². The second-order valence-corrected chi connectivity index (χ2v) is 4.78. The summed E-state index contributed by atoms with van der Waals surface area (Å²) in [6.07, 6.45) is 1.87. The van der Waals surface area contributed by atoms with Gasteiger partial charge in [-0.05, 0) is 50.8 Å². The average molecular weight is 269 g/mol. The zero-order valence-electron chi connectivity index (χ0n) is 7.71. The van der Waals surface area contributed by atoms with E-state index in [1.54, 1.807) is 11.3 Å². The number of fused-ring (bicyclic) bond motifs is 1. The molecular weight excluding hydrogens is 260 g/mol. The molecule has 1 heterocycles. The molecule has 14 heavy (non-hydrogen) atoms. The lowest BCUT2D eigenvalue weighted by Crippen LogP contribution is -1.89. The molecule has 72 valence electrons. The Morgan fingerprint density at radius 2 is 2.36 bits per heavy atom. The maximum atomic E-state index is 11.0. The monoisotopic (exact) mass is 268 g/mol. The number of aryl methyl sites for hydroxylation is 1. The normalized spacial score (nSPS) is 10.7. The number of hydrogen-bond acceptors (Lipinski definition) is 2. The van der Waals surface area contributed by atoms with E-state index in [2.05, 4.69) is 35.0 Å². The summed E-state index contributed by atoms with van der Waals surface area (Å²) in [5.74, 6) is 0. The van der Waals surface area contributed by atoms with Gasteiger partial charge in [-0.2, -0.15) is 0 Å². The number of rotatable bonds is 2. The molecule has 0 aliphatic carbocycles. The highest BCUT2D eigenvalue weighted by atomic mass is 79.9. The van der Waals surface area contributed by atoms with Crippen LogP contribution in [0.2, 0.25) is 0 Å². The first-order valence-corrected chi connectivity index (χ1v) is 6.09. The molecule has 1 aromatic heterocycles. The van der Waals surface area contributed by atoms with E-state index in [0.29, 0.717) is 0 Å². The van der Waals surface area contributed by atoms with Gasteiger partial charge < -0.3 is 0 Å². The topological polar surface area (TPSA) is 17.1 Å². The highest BCUT2D eigenvalue weighted by Gasteiger charge is 2.10. The van der Waals surface area contributed by atoms with Crippen molar-refractivity contribution < 1.29 is 4.79 Å². The summed E-state index contributed by atoms with van der Waals surface area (Å²) >= 11 is 5.09. The maximum absolute atomic E-state index is 11.0. The van der Waals surface area contributed by atoms with Gasteiger partial charge in [-0.25, -0.2) is 0 Å². The van der Waals surface area contributed by atoms with Gasteiger partial charge in [-0.15, -0.1) is 11.3 Å². The molecule has 2 aromatic rings. The van der Waals surface area contributed by atoms with Crippen molar-refractivity contribution in [3.63, 3.8) is 0 Å². The van der Waals surface area contributed by atoms with Gasteiger partial charge in [0.05, 0.1) is 0 Å². The lowest BCUT2D eigenvalue weighted by Gasteiger charge is -2.05. The fraction of sp³-hybridized carbons (Fsp3) is 0.182. The quantitative estimate of drug-likeness (QED) is 0.752. The van der Waals surface area contributed by atoms with E-state index in [4.69, 9.17) is 0 Å². The summed E-state index contributed by atoms with van der Waals surface area (Å²) in [6, 6.07) is 4.20. The van der Waals surface area contributed by atoms with Crippen molar-refractivity contribution in [2.75, 3.05) is 0 Å². The summed E-state index contributed by atoms with van der Waals surface area (Å²) in [5, 5.41) is 3.18. The zero-order chi connectivity index (χ0) is 10.1. The van der Waals surface area contributed by atoms with Gasteiger partial charge in [0, 0.05) is 14.7 Å². The van der Waals surface area contributed by atoms with E-state index in [-0.39, 0.29) is 0 Å². The van der Waals surface area contributed by atoms with Crippen LogP contribution >= 0.6 is 27.3 Å². The van der Waals surface area contributed by atoms with Gasteiger partial charge in [0.15, 0.2) is 6.29 Å². The van der Waals surface area contributed by atoms with E-state index in [9.17, 15) is 4.79 Å². The Kier molecular flexibility index (Phi) is 2.70. The standard InChI is InChI=1S/C11H9BrOS/c1-2-7-5-8-3-4-14-11(8)9(6-13)10(7)12/h3-6H,2H2,1H3. The molecule has 0 saturated carbocycles. The minimum Gasteiger partial charge on any atom is -0.298 e. The van der Waals surface area contributed by atoms with Gasteiger partial charge in [0.25, 0.3) is 0 Å². The number of carbonyl (C=O) groups excluding carboxylic acids is 1. The predicted molar refractivity (Wildman–Crippen MR) is 64.3 cm³/mol. The molecule has 0 aliphatic heterocycles. The lowest BCUT2D eigenvalue weighted by atomic mass is 10.1.